The van der Waals surface area contributed by atoms with Gasteiger partial charge in [0.25, 0.3) is 0 Å². The Morgan fingerprint density at radius 1 is 0.971 bits per heavy atom. The Bertz CT molecular complexity index is 1050. The number of hydrogen-bond acceptors (Lipinski definition) is 4. The van der Waals surface area contributed by atoms with Crippen molar-refractivity contribution in [3.63, 3.8) is 0 Å². The molecule has 2 fully saturated rings. The number of carboxylic acids is 1. The second-order valence-electron chi connectivity index (χ2n) is 9.69. The molecule has 1 saturated carbocycles. The van der Waals surface area contributed by atoms with E-state index in [0.29, 0.717) is 13.0 Å². The Labute approximate surface area is 199 Å². The number of aliphatic carboxylic acids is 1. The zero-order valence-corrected chi connectivity index (χ0v) is 19.1. The highest BCUT2D eigenvalue weighted by Crippen LogP contribution is 2.44. The van der Waals surface area contributed by atoms with Crippen LogP contribution < -0.4 is 5.32 Å². The molecule has 0 spiro atoms. The molecule has 7 heteroatoms. The lowest BCUT2D eigenvalue weighted by Crippen LogP contribution is -2.46. The van der Waals surface area contributed by atoms with Crippen LogP contribution in [0.4, 0.5) is 4.79 Å². The summed E-state index contributed by atoms with van der Waals surface area (Å²) in [6, 6.07) is 16.3. The molecule has 2 aromatic rings. The van der Waals surface area contributed by atoms with Crippen LogP contribution in [0.1, 0.15) is 55.6 Å². The number of fused-ring (bicyclic) bond motifs is 3. The molecule has 0 radical (unpaired) electrons. The van der Waals surface area contributed by atoms with Gasteiger partial charge in [0, 0.05) is 31.0 Å². The van der Waals surface area contributed by atoms with Crippen molar-refractivity contribution in [2.75, 3.05) is 13.2 Å². The molecule has 0 unspecified atom stereocenters. The Morgan fingerprint density at radius 2 is 1.62 bits per heavy atom. The van der Waals surface area contributed by atoms with Crippen molar-refractivity contribution in [2.24, 2.45) is 5.92 Å². The fraction of sp³-hybridized carbons (Fsp3) is 0.444. The molecule has 3 aliphatic rings. The van der Waals surface area contributed by atoms with Gasteiger partial charge in [-0.25, -0.2) is 4.79 Å². The van der Waals surface area contributed by atoms with Gasteiger partial charge in [0.15, 0.2) is 0 Å². The van der Waals surface area contributed by atoms with E-state index in [4.69, 9.17) is 9.84 Å². The lowest BCUT2D eigenvalue weighted by atomic mass is 9.78. The molecule has 2 N–H and O–H groups in total. The average Bonchev–Trinajstić information content (AvgIpc) is 3.38. The standard InChI is InChI=1S/C27H30N2O5/c30-25(29-11-5-6-19(29)15-26(31)32)14-17-12-18(13-17)28-27(33)34-16-24-22-9-3-1-7-20(22)21-8-2-4-10-23(21)24/h1-4,7-10,17-19,24H,5-6,11-16H2,(H,28,33)(H,31,32)/t17?,18?,19-/m1/s1. The summed E-state index contributed by atoms with van der Waals surface area (Å²) >= 11 is 0. The summed E-state index contributed by atoms with van der Waals surface area (Å²) in [6.07, 6.45) is 3.12. The van der Waals surface area contributed by atoms with Crippen LogP contribution in [0.5, 0.6) is 0 Å². The Kier molecular flexibility index (Phi) is 6.26. The first kappa shape index (κ1) is 22.4. The lowest BCUT2D eigenvalue weighted by Gasteiger charge is -2.36. The molecule has 178 valence electrons. The van der Waals surface area contributed by atoms with E-state index in [1.807, 2.05) is 24.3 Å². The number of amides is 2. The van der Waals surface area contributed by atoms with E-state index >= 15 is 0 Å². The van der Waals surface area contributed by atoms with Crippen molar-refractivity contribution in [3.8, 4) is 11.1 Å². The number of carbonyl (C=O) groups excluding carboxylic acids is 2. The Morgan fingerprint density at radius 3 is 2.26 bits per heavy atom. The van der Waals surface area contributed by atoms with Crippen molar-refractivity contribution in [3.05, 3.63) is 59.7 Å². The van der Waals surface area contributed by atoms with E-state index in [-0.39, 0.29) is 42.9 Å². The summed E-state index contributed by atoms with van der Waals surface area (Å²) in [5, 5.41) is 12.0. The van der Waals surface area contributed by atoms with Crippen molar-refractivity contribution in [1.29, 1.82) is 0 Å². The number of alkyl carbamates (subject to hydrolysis) is 1. The van der Waals surface area contributed by atoms with Crippen LogP contribution >= 0.6 is 0 Å². The summed E-state index contributed by atoms with van der Waals surface area (Å²) < 4.78 is 5.61. The van der Waals surface area contributed by atoms with Crippen LogP contribution in [-0.4, -0.2) is 53.2 Å². The zero-order chi connectivity index (χ0) is 23.7. The second kappa shape index (κ2) is 9.49. The van der Waals surface area contributed by atoms with Gasteiger partial charge in [-0.2, -0.15) is 0 Å². The third-order valence-electron chi connectivity index (χ3n) is 7.47. The third kappa shape index (κ3) is 4.52. The fourth-order valence-corrected chi connectivity index (χ4v) is 5.77. The number of likely N-dealkylation sites (tertiary alicyclic amines) is 1. The van der Waals surface area contributed by atoms with Gasteiger partial charge in [0.05, 0.1) is 6.42 Å². The molecule has 2 amide bonds. The minimum Gasteiger partial charge on any atom is -0.481 e. The molecule has 34 heavy (non-hydrogen) atoms. The summed E-state index contributed by atoms with van der Waals surface area (Å²) in [4.78, 5) is 37.9. The number of hydrogen-bond donors (Lipinski definition) is 2. The molecular formula is C27H30N2O5. The number of nitrogens with one attached hydrogen (secondary N) is 1. The highest BCUT2D eigenvalue weighted by atomic mass is 16.5. The van der Waals surface area contributed by atoms with Crippen LogP contribution in [-0.2, 0) is 14.3 Å². The average molecular weight is 463 g/mol. The van der Waals surface area contributed by atoms with Crippen molar-refractivity contribution < 1.29 is 24.2 Å². The van der Waals surface area contributed by atoms with Gasteiger partial charge in [-0.15, -0.1) is 0 Å². The van der Waals surface area contributed by atoms with E-state index in [1.54, 1.807) is 4.90 Å². The highest BCUT2D eigenvalue weighted by Gasteiger charge is 2.36. The first-order valence-corrected chi connectivity index (χ1v) is 12.1. The Hall–Kier alpha value is -3.35. The molecule has 2 aliphatic carbocycles. The topological polar surface area (TPSA) is 95.9 Å². The SMILES string of the molecule is O=C(O)C[C@H]1CCCN1C(=O)CC1CC(NC(=O)OCC2c3ccccc3-c3ccccc32)C1. The largest absolute Gasteiger partial charge is 0.481 e. The number of rotatable bonds is 7. The second-order valence-corrected chi connectivity index (χ2v) is 9.69. The van der Waals surface area contributed by atoms with Crippen molar-refractivity contribution in [2.45, 2.75) is 56.5 Å². The van der Waals surface area contributed by atoms with Gasteiger partial charge in [0.1, 0.15) is 6.61 Å². The molecule has 0 aromatic heterocycles. The predicted octanol–water partition coefficient (Wildman–Crippen LogP) is 4.16. The van der Waals surface area contributed by atoms with Gasteiger partial charge in [-0.05, 0) is 53.9 Å². The first-order chi connectivity index (χ1) is 16.5. The molecular weight excluding hydrogens is 432 g/mol. The number of benzene rings is 2. The van der Waals surface area contributed by atoms with Gasteiger partial charge < -0.3 is 20.1 Å². The zero-order valence-electron chi connectivity index (χ0n) is 19.1. The van der Waals surface area contributed by atoms with Crippen LogP contribution in [0.15, 0.2) is 48.5 Å². The summed E-state index contributed by atoms with van der Waals surface area (Å²) in [5.74, 6) is -0.573. The maximum atomic E-state index is 12.6. The minimum absolute atomic E-state index is 0.0156. The van der Waals surface area contributed by atoms with Gasteiger partial charge in [-0.1, -0.05) is 48.5 Å². The molecule has 0 bridgehead atoms. The first-order valence-electron chi connectivity index (χ1n) is 12.1. The van der Waals surface area contributed by atoms with Crippen LogP contribution in [0, 0.1) is 5.92 Å². The molecule has 1 aliphatic heterocycles. The van der Waals surface area contributed by atoms with Crippen molar-refractivity contribution in [1.82, 2.24) is 10.2 Å². The van der Waals surface area contributed by atoms with E-state index in [1.165, 1.54) is 22.3 Å². The number of nitrogens with zero attached hydrogens (tertiary/aromatic N) is 1. The quantitative estimate of drug-likeness (QED) is 0.644. The van der Waals surface area contributed by atoms with Gasteiger partial charge in [-0.3, -0.25) is 9.59 Å². The third-order valence-corrected chi connectivity index (χ3v) is 7.47. The van der Waals surface area contributed by atoms with E-state index < -0.39 is 12.1 Å². The van der Waals surface area contributed by atoms with E-state index in [2.05, 4.69) is 29.6 Å². The smallest absolute Gasteiger partial charge is 0.407 e. The number of carbonyl (C=O) groups is 3. The minimum atomic E-state index is -0.860. The Balaban J connectivity index is 1.08. The molecule has 1 heterocycles. The van der Waals surface area contributed by atoms with Crippen LogP contribution in [0.25, 0.3) is 11.1 Å². The number of carboxylic acid groups (broad SMARTS) is 1. The summed E-state index contributed by atoms with van der Waals surface area (Å²) in [6.45, 7) is 0.930. The summed E-state index contributed by atoms with van der Waals surface area (Å²) in [5.41, 5.74) is 4.76. The summed E-state index contributed by atoms with van der Waals surface area (Å²) in [7, 11) is 0. The maximum Gasteiger partial charge on any atom is 0.407 e. The van der Waals surface area contributed by atoms with Crippen molar-refractivity contribution >= 4 is 18.0 Å². The van der Waals surface area contributed by atoms with E-state index in [9.17, 15) is 14.4 Å². The normalized spacial score (nSPS) is 23.1. The van der Waals surface area contributed by atoms with Gasteiger partial charge >= 0.3 is 12.1 Å². The predicted molar refractivity (Wildman–Crippen MR) is 126 cm³/mol. The number of ether oxygens (including phenoxy) is 1. The van der Waals surface area contributed by atoms with Crippen LogP contribution in [0.3, 0.4) is 0 Å². The molecule has 7 nitrogen and oxygen atoms in total. The molecule has 1 atom stereocenters. The van der Waals surface area contributed by atoms with E-state index in [0.717, 1.165) is 25.7 Å². The van der Waals surface area contributed by atoms with Gasteiger partial charge in [0.2, 0.25) is 5.91 Å². The monoisotopic (exact) mass is 462 g/mol. The molecule has 5 rings (SSSR count). The highest BCUT2D eigenvalue weighted by molar-refractivity contribution is 5.79. The fourth-order valence-electron chi connectivity index (χ4n) is 5.77. The maximum absolute atomic E-state index is 12.6. The molecule has 2 aromatic carbocycles. The lowest BCUT2D eigenvalue weighted by molar-refractivity contribution is -0.140. The van der Waals surface area contributed by atoms with Crippen LogP contribution in [0.2, 0.25) is 0 Å². The molecule has 1 saturated heterocycles.